The van der Waals surface area contributed by atoms with Crippen LogP contribution in [-0.2, 0) is 4.74 Å². The summed E-state index contributed by atoms with van der Waals surface area (Å²) in [4.78, 5) is 11.2. The molecule has 15 heavy (non-hydrogen) atoms. The van der Waals surface area contributed by atoms with Crippen molar-refractivity contribution in [3.8, 4) is 0 Å². The van der Waals surface area contributed by atoms with Crippen LogP contribution in [0.1, 0.15) is 41.5 Å². The summed E-state index contributed by atoms with van der Waals surface area (Å²) in [5.74, 6) is 0. The molecule has 0 aromatic carbocycles. The van der Waals surface area contributed by atoms with E-state index in [1.165, 1.54) is 0 Å². The van der Waals surface area contributed by atoms with Gasteiger partial charge in [0, 0.05) is 6.54 Å². The molecule has 88 valence electrons. The fourth-order valence-electron chi connectivity index (χ4n) is 0.869. The van der Waals surface area contributed by atoms with Gasteiger partial charge in [0.05, 0.1) is 0 Å². The first-order valence-corrected chi connectivity index (χ1v) is 5.25. The number of hydrogen-bond donors (Lipinski definition) is 1. The topological polar surface area (TPSA) is 38.3 Å². The van der Waals surface area contributed by atoms with Gasteiger partial charge in [-0.3, -0.25) is 0 Å². The molecule has 0 fully saturated rings. The molecule has 0 rings (SSSR count). The molecule has 0 heterocycles. The Morgan fingerprint density at radius 2 is 1.73 bits per heavy atom. The molecular weight excluding hydrogens is 190 g/mol. The van der Waals surface area contributed by atoms with E-state index in [1.54, 1.807) is 0 Å². The molecule has 0 atom stereocenters. The summed E-state index contributed by atoms with van der Waals surface area (Å²) in [5.41, 5.74) is -0.284. The van der Waals surface area contributed by atoms with E-state index >= 15 is 0 Å². The van der Waals surface area contributed by atoms with Crippen LogP contribution >= 0.6 is 0 Å². The Hall–Kier alpha value is -0.990. The maximum absolute atomic E-state index is 11.2. The predicted molar refractivity (Wildman–Crippen MR) is 62.8 cm³/mol. The maximum Gasteiger partial charge on any atom is 0.407 e. The zero-order valence-corrected chi connectivity index (χ0v) is 10.7. The van der Waals surface area contributed by atoms with Crippen molar-refractivity contribution < 1.29 is 9.53 Å². The molecule has 1 amide bonds. The molecule has 3 heteroatoms. The van der Waals surface area contributed by atoms with Crippen molar-refractivity contribution in [2.24, 2.45) is 5.41 Å². The summed E-state index contributed by atoms with van der Waals surface area (Å²) in [6.07, 6.45) is 3.62. The summed E-state index contributed by atoms with van der Waals surface area (Å²) in [5, 5.41) is 2.66. The molecule has 0 aliphatic carbocycles. The summed E-state index contributed by atoms with van der Waals surface area (Å²) >= 11 is 0. The third-order valence-electron chi connectivity index (χ3n) is 1.38. The highest BCUT2D eigenvalue weighted by atomic mass is 16.6. The van der Waals surface area contributed by atoms with E-state index in [0.717, 1.165) is 0 Å². The van der Waals surface area contributed by atoms with Crippen LogP contribution in [0.15, 0.2) is 12.2 Å². The Morgan fingerprint density at radius 3 is 2.13 bits per heavy atom. The Labute approximate surface area is 92.9 Å². The smallest absolute Gasteiger partial charge is 0.407 e. The second-order valence-electron chi connectivity index (χ2n) is 5.65. The van der Waals surface area contributed by atoms with Crippen LogP contribution in [0, 0.1) is 5.41 Å². The lowest BCUT2D eigenvalue weighted by molar-refractivity contribution is 0.0534. The zero-order valence-electron chi connectivity index (χ0n) is 10.7. The van der Waals surface area contributed by atoms with E-state index in [-0.39, 0.29) is 11.5 Å². The Balaban J connectivity index is 3.79. The van der Waals surface area contributed by atoms with Gasteiger partial charge in [-0.05, 0) is 26.2 Å². The Bertz CT molecular complexity index is 231. The lowest BCUT2D eigenvalue weighted by Crippen LogP contribution is -2.32. The number of hydrogen-bond acceptors (Lipinski definition) is 2. The fourth-order valence-corrected chi connectivity index (χ4v) is 0.869. The zero-order chi connectivity index (χ0) is 12.1. The molecule has 0 unspecified atom stereocenters. The highest BCUT2D eigenvalue weighted by Crippen LogP contribution is 2.13. The number of nitrogens with one attached hydrogen (secondary N) is 1. The molecule has 3 nitrogen and oxygen atoms in total. The molecule has 0 aliphatic rings. The molecular formula is C12H23NO2. The minimum Gasteiger partial charge on any atom is -0.444 e. The normalized spacial score (nSPS) is 12.9. The molecule has 0 aromatic rings. The van der Waals surface area contributed by atoms with Crippen LogP contribution in [0.25, 0.3) is 0 Å². The van der Waals surface area contributed by atoms with Gasteiger partial charge in [0.25, 0.3) is 0 Å². The number of rotatable bonds is 2. The molecule has 0 aromatic heterocycles. The second-order valence-corrected chi connectivity index (χ2v) is 5.65. The van der Waals surface area contributed by atoms with E-state index in [2.05, 4.69) is 32.2 Å². The predicted octanol–water partition coefficient (Wildman–Crippen LogP) is 3.11. The summed E-state index contributed by atoms with van der Waals surface area (Å²) in [7, 11) is 0. The highest BCUT2D eigenvalue weighted by Gasteiger charge is 2.15. The van der Waals surface area contributed by atoms with E-state index in [9.17, 15) is 4.79 Å². The van der Waals surface area contributed by atoms with Crippen LogP contribution in [-0.4, -0.2) is 18.2 Å². The van der Waals surface area contributed by atoms with E-state index in [0.29, 0.717) is 6.54 Å². The third kappa shape index (κ3) is 10.9. The minimum absolute atomic E-state index is 0.148. The third-order valence-corrected chi connectivity index (χ3v) is 1.38. The minimum atomic E-state index is -0.433. The van der Waals surface area contributed by atoms with Gasteiger partial charge < -0.3 is 10.1 Å². The van der Waals surface area contributed by atoms with Crippen molar-refractivity contribution in [1.29, 1.82) is 0 Å². The fraction of sp³-hybridized carbons (Fsp3) is 0.750. The second kappa shape index (κ2) is 5.19. The molecule has 0 bridgehead atoms. The summed E-state index contributed by atoms with van der Waals surface area (Å²) in [6.45, 7) is 12.4. The lowest BCUT2D eigenvalue weighted by Gasteiger charge is -2.19. The van der Waals surface area contributed by atoms with Crippen molar-refractivity contribution in [2.75, 3.05) is 6.54 Å². The quantitative estimate of drug-likeness (QED) is 0.716. The molecule has 1 N–H and O–H groups in total. The molecule has 0 radical (unpaired) electrons. The Kier molecular flexibility index (Phi) is 4.85. The van der Waals surface area contributed by atoms with Crippen LogP contribution in [0.2, 0.25) is 0 Å². The molecule has 0 spiro atoms. The first kappa shape index (κ1) is 14.0. The SMILES string of the molecule is CC(C)(C)/C=C/CNC(=O)OC(C)(C)C. The largest absolute Gasteiger partial charge is 0.444 e. The van der Waals surface area contributed by atoms with Gasteiger partial charge in [-0.25, -0.2) is 4.79 Å². The lowest BCUT2D eigenvalue weighted by atomic mass is 9.96. The van der Waals surface area contributed by atoms with Crippen molar-refractivity contribution >= 4 is 6.09 Å². The molecule has 0 saturated carbocycles. The van der Waals surface area contributed by atoms with Crippen molar-refractivity contribution in [2.45, 2.75) is 47.1 Å². The number of carbonyl (C=O) groups is 1. The van der Waals surface area contributed by atoms with Crippen LogP contribution in [0.4, 0.5) is 4.79 Å². The van der Waals surface area contributed by atoms with Gasteiger partial charge in [-0.2, -0.15) is 0 Å². The van der Waals surface area contributed by atoms with E-state index < -0.39 is 5.60 Å². The number of amides is 1. The number of allylic oxidation sites excluding steroid dienone is 1. The van der Waals surface area contributed by atoms with Crippen LogP contribution in [0.3, 0.4) is 0 Å². The van der Waals surface area contributed by atoms with E-state index in [1.807, 2.05) is 26.8 Å². The summed E-state index contributed by atoms with van der Waals surface area (Å²) in [6, 6.07) is 0. The van der Waals surface area contributed by atoms with Gasteiger partial charge in [-0.1, -0.05) is 32.9 Å². The monoisotopic (exact) mass is 213 g/mol. The number of ether oxygens (including phenoxy) is 1. The first-order chi connectivity index (χ1) is 6.60. The maximum atomic E-state index is 11.2. The van der Waals surface area contributed by atoms with E-state index in [4.69, 9.17) is 4.74 Å². The summed E-state index contributed by atoms with van der Waals surface area (Å²) < 4.78 is 5.09. The van der Waals surface area contributed by atoms with Crippen LogP contribution < -0.4 is 5.32 Å². The van der Waals surface area contributed by atoms with Crippen LogP contribution in [0.5, 0.6) is 0 Å². The number of carbonyl (C=O) groups excluding carboxylic acids is 1. The number of alkyl carbamates (subject to hydrolysis) is 1. The van der Waals surface area contributed by atoms with Gasteiger partial charge in [0.2, 0.25) is 0 Å². The molecule has 0 saturated heterocycles. The van der Waals surface area contributed by atoms with Gasteiger partial charge in [-0.15, -0.1) is 0 Å². The average molecular weight is 213 g/mol. The average Bonchev–Trinajstić information content (AvgIpc) is 1.92. The first-order valence-electron chi connectivity index (χ1n) is 5.25. The highest BCUT2D eigenvalue weighted by molar-refractivity contribution is 5.67. The molecule has 0 aliphatic heterocycles. The van der Waals surface area contributed by atoms with Crippen molar-refractivity contribution in [1.82, 2.24) is 5.32 Å². The standard InChI is InChI=1S/C12H23NO2/c1-11(2,3)8-7-9-13-10(14)15-12(4,5)6/h7-8H,9H2,1-6H3,(H,13,14)/b8-7+. The Morgan fingerprint density at radius 1 is 1.20 bits per heavy atom. The van der Waals surface area contributed by atoms with Gasteiger partial charge in [0.15, 0.2) is 0 Å². The van der Waals surface area contributed by atoms with Gasteiger partial charge >= 0.3 is 6.09 Å². The van der Waals surface area contributed by atoms with Crippen molar-refractivity contribution in [3.63, 3.8) is 0 Å². The van der Waals surface area contributed by atoms with Gasteiger partial charge in [0.1, 0.15) is 5.60 Å². The van der Waals surface area contributed by atoms with Crippen molar-refractivity contribution in [3.05, 3.63) is 12.2 Å².